The lowest BCUT2D eigenvalue weighted by molar-refractivity contribution is 0.0494. The number of benzene rings is 2. The van der Waals surface area contributed by atoms with Crippen molar-refractivity contribution >= 4 is 15.7 Å². The molecule has 1 fully saturated rings. The zero-order valence-electron chi connectivity index (χ0n) is 21.0. The molecule has 0 aromatic heterocycles. The Bertz CT molecular complexity index is 1180. The van der Waals surface area contributed by atoms with Crippen LogP contribution in [-0.4, -0.2) is 39.9 Å². The third-order valence-corrected chi connectivity index (χ3v) is 7.72. The van der Waals surface area contributed by atoms with Crippen molar-refractivity contribution in [3.8, 4) is 5.75 Å². The number of nitrogens with zero attached hydrogens (tertiary/aromatic N) is 1. The molecule has 0 radical (unpaired) electrons. The Hall–Kier alpha value is -2.09. The summed E-state index contributed by atoms with van der Waals surface area (Å²) in [6.07, 6.45) is 2.42. The van der Waals surface area contributed by atoms with E-state index in [1.807, 2.05) is 26.0 Å². The zero-order chi connectivity index (χ0) is 24.6. The number of rotatable bonds is 7. The first-order valence-electron chi connectivity index (χ1n) is 12.3. The predicted molar refractivity (Wildman–Crippen MR) is 120 cm³/mol. The molecule has 6 nitrogen and oxygen atoms in total. The molecule has 1 atom stereocenters. The van der Waals surface area contributed by atoms with Crippen LogP contribution in [0.3, 0.4) is 0 Å². The van der Waals surface area contributed by atoms with Gasteiger partial charge in [0.15, 0.2) is 0 Å². The maximum atomic E-state index is 13.7. The van der Waals surface area contributed by atoms with Gasteiger partial charge in [0, 0.05) is 31.2 Å². The van der Waals surface area contributed by atoms with Crippen LogP contribution in [-0.2, 0) is 27.8 Å². The molecular formula is C24H31NO5S. The molecular weight excluding hydrogens is 414 g/mol. The highest BCUT2D eigenvalue weighted by atomic mass is 32.2. The Balaban J connectivity index is 1.74. The van der Waals surface area contributed by atoms with E-state index in [9.17, 15) is 13.5 Å². The first-order chi connectivity index (χ1) is 16.2. The number of anilines is 1. The van der Waals surface area contributed by atoms with Crippen LogP contribution in [0, 0.1) is 5.92 Å². The van der Waals surface area contributed by atoms with E-state index in [1.54, 1.807) is 6.07 Å². The Labute approximate surface area is 189 Å². The molecule has 168 valence electrons. The smallest absolute Gasteiger partial charge is 0.264 e. The second kappa shape index (κ2) is 9.18. The molecule has 0 bridgehead atoms. The number of hydrogen-bond donors (Lipinski definition) is 1. The first kappa shape index (κ1) is 18.5. The van der Waals surface area contributed by atoms with E-state index in [0.29, 0.717) is 18.9 Å². The number of hydrogen-bond acceptors (Lipinski definition) is 5. The number of sulfonamides is 1. The molecule has 2 aliphatic rings. The Morgan fingerprint density at radius 1 is 1.29 bits per heavy atom. The number of aliphatic hydroxyl groups is 1. The van der Waals surface area contributed by atoms with Crippen molar-refractivity contribution in [2.45, 2.75) is 50.5 Å². The summed E-state index contributed by atoms with van der Waals surface area (Å²) in [4.78, 5) is -0.570. The van der Waals surface area contributed by atoms with Gasteiger partial charge in [-0.2, -0.15) is 0 Å². The summed E-state index contributed by atoms with van der Waals surface area (Å²) in [5, 5.41) is 9.99. The fourth-order valence-electron chi connectivity index (χ4n) is 4.12. The molecule has 2 aromatic rings. The maximum Gasteiger partial charge on any atom is 0.264 e. The van der Waals surface area contributed by atoms with Gasteiger partial charge in [-0.1, -0.05) is 26.0 Å². The Morgan fingerprint density at radius 3 is 2.77 bits per heavy atom. The van der Waals surface area contributed by atoms with Gasteiger partial charge in [-0.15, -0.1) is 0 Å². The quantitative estimate of drug-likeness (QED) is 0.696. The largest absolute Gasteiger partial charge is 0.493 e. The lowest BCUT2D eigenvalue weighted by Gasteiger charge is -2.23. The third kappa shape index (κ3) is 4.45. The SMILES string of the molecule is [2H]c1c([2H])c(S(=O)(=O)N2CC(C)c3cc(CC)ccc32)c([2H])c(CO)c1OCC1CCOCC1. The standard InChI is InChI=1S/C24H31NO5S/c1-3-18-4-6-23-22(12-18)17(2)14-25(23)31(27,28)21-5-7-24(20(13-21)15-26)30-16-19-8-10-29-11-9-19/h4-7,12-13,17,19,26H,3,8-11,14-16H2,1-2H3/i5D,7D,13D. The van der Waals surface area contributed by atoms with Gasteiger partial charge >= 0.3 is 0 Å². The summed E-state index contributed by atoms with van der Waals surface area (Å²) in [6.45, 7) is 5.00. The van der Waals surface area contributed by atoms with Crippen LogP contribution in [0.5, 0.6) is 5.75 Å². The van der Waals surface area contributed by atoms with Gasteiger partial charge in [-0.3, -0.25) is 4.31 Å². The van der Waals surface area contributed by atoms with Crippen LogP contribution in [0.2, 0.25) is 0 Å². The molecule has 2 aromatic carbocycles. The summed E-state index contributed by atoms with van der Waals surface area (Å²) in [5.74, 6) is 0.0577. The third-order valence-electron chi connectivity index (χ3n) is 6.08. The fourth-order valence-corrected chi connectivity index (χ4v) is 5.62. The van der Waals surface area contributed by atoms with Crippen LogP contribution in [0.4, 0.5) is 5.69 Å². The highest BCUT2D eigenvalue weighted by Crippen LogP contribution is 2.40. The van der Waals surface area contributed by atoms with E-state index < -0.39 is 39.7 Å². The molecule has 0 aliphatic carbocycles. The molecule has 0 amide bonds. The molecule has 0 saturated carbocycles. The van der Waals surface area contributed by atoms with Crippen LogP contribution in [0.1, 0.15) is 53.4 Å². The normalized spacial score (nSPS) is 20.8. The Morgan fingerprint density at radius 2 is 2.06 bits per heavy atom. The lowest BCUT2D eigenvalue weighted by Crippen LogP contribution is -2.29. The number of aliphatic hydroxyl groups excluding tert-OH is 1. The minimum atomic E-state index is -4.32. The van der Waals surface area contributed by atoms with Gasteiger partial charge in [0.05, 0.1) is 27.9 Å². The second-order valence-electron chi connectivity index (χ2n) is 8.22. The summed E-state index contributed by atoms with van der Waals surface area (Å²) in [7, 11) is -4.32. The molecule has 2 aliphatic heterocycles. The molecule has 7 heteroatoms. The maximum absolute atomic E-state index is 13.7. The second-order valence-corrected chi connectivity index (χ2v) is 10.0. The summed E-state index contributed by atoms with van der Waals surface area (Å²) in [5.41, 5.74) is 2.46. The van der Waals surface area contributed by atoms with Gasteiger partial charge in [-0.25, -0.2) is 8.42 Å². The predicted octanol–water partition coefficient (Wildman–Crippen LogP) is 3.86. The monoisotopic (exact) mass is 448 g/mol. The molecule has 31 heavy (non-hydrogen) atoms. The van der Waals surface area contributed by atoms with Gasteiger partial charge in [0.25, 0.3) is 10.0 Å². The van der Waals surface area contributed by atoms with Crippen molar-refractivity contribution in [1.29, 1.82) is 0 Å². The van der Waals surface area contributed by atoms with E-state index >= 15 is 0 Å². The molecule has 1 saturated heterocycles. The summed E-state index contributed by atoms with van der Waals surface area (Å²) in [6, 6.07) is 4.14. The number of fused-ring (bicyclic) bond motifs is 1. The number of aryl methyl sites for hydroxylation is 1. The lowest BCUT2D eigenvalue weighted by atomic mass is 10.0. The van der Waals surface area contributed by atoms with Crippen molar-refractivity contribution in [2.75, 3.05) is 30.7 Å². The first-order valence-corrected chi connectivity index (χ1v) is 12.2. The highest BCUT2D eigenvalue weighted by Gasteiger charge is 2.35. The van der Waals surface area contributed by atoms with Crippen LogP contribution < -0.4 is 9.04 Å². The summed E-state index contributed by atoms with van der Waals surface area (Å²) >= 11 is 0. The van der Waals surface area contributed by atoms with Gasteiger partial charge in [-0.05, 0) is 60.5 Å². The van der Waals surface area contributed by atoms with Crippen molar-refractivity contribution in [2.24, 2.45) is 5.92 Å². The highest BCUT2D eigenvalue weighted by molar-refractivity contribution is 7.92. The summed E-state index contributed by atoms with van der Waals surface area (Å²) < 4.78 is 65.4. The van der Waals surface area contributed by atoms with E-state index in [0.717, 1.165) is 30.4 Å². The van der Waals surface area contributed by atoms with Crippen molar-refractivity contribution in [3.63, 3.8) is 0 Å². The zero-order valence-corrected chi connectivity index (χ0v) is 18.8. The van der Waals surface area contributed by atoms with Crippen LogP contribution in [0.15, 0.2) is 41.2 Å². The topological polar surface area (TPSA) is 76.1 Å². The van der Waals surface area contributed by atoms with Gasteiger partial charge < -0.3 is 14.6 Å². The van der Waals surface area contributed by atoms with Gasteiger partial charge in [0.1, 0.15) is 5.75 Å². The van der Waals surface area contributed by atoms with E-state index in [2.05, 4.69) is 0 Å². The van der Waals surface area contributed by atoms with E-state index in [1.165, 1.54) is 4.31 Å². The molecule has 2 heterocycles. The van der Waals surface area contributed by atoms with E-state index in [-0.39, 0.29) is 36.3 Å². The van der Waals surface area contributed by atoms with Crippen molar-refractivity contribution < 1.29 is 27.1 Å². The van der Waals surface area contributed by atoms with Gasteiger partial charge in [0.2, 0.25) is 0 Å². The molecule has 0 spiro atoms. The van der Waals surface area contributed by atoms with Crippen molar-refractivity contribution in [3.05, 3.63) is 53.0 Å². The van der Waals surface area contributed by atoms with Crippen molar-refractivity contribution in [1.82, 2.24) is 0 Å². The Kier molecular flexibility index (Phi) is 5.47. The average Bonchev–Trinajstić information content (AvgIpc) is 3.17. The fraction of sp³-hybridized carbons (Fsp3) is 0.500. The molecule has 4 rings (SSSR count). The van der Waals surface area contributed by atoms with E-state index in [4.69, 9.17) is 13.6 Å². The molecule has 1 N–H and O–H groups in total. The average molecular weight is 449 g/mol. The minimum Gasteiger partial charge on any atom is -0.493 e. The van der Waals surface area contributed by atoms with Crippen LogP contribution in [0.25, 0.3) is 0 Å². The van der Waals surface area contributed by atoms with Crippen LogP contribution >= 0.6 is 0 Å². The molecule has 1 unspecified atom stereocenters. The number of ether oxygens (including phenoxy) is 2. The minimum absolute atomic E-state index is 0.0468.